The quantitative estimate of drug-likeness (QED) is 0.905. The summed E-state index contributed by atoms with van der Waals surface area (Å²) in [5, 5.41) is 4.62. The second kappa shape index (κ2) is 5.27. The van der Waals surface area contributed by atoms with Crippen LogP contribution in [0.1, 0.15) is 37.1 Å². The lowest BCUT2D eigenvalue weighted by molar-refractivity contribution is 0.214. The second-order valence-electron chi connectivity index (χ2n) is 5.24. The summed E-state index contributed by atoms with van der Waals surface area (Å²) in [6, 6.07) is 4.03. The maximum absolute atomic E-state index is 5.66. The molecule has 5 heteroatoms. The van der Waals surface area contributed by atoms with Crippen molar-refractivity contribution < 1.29 is 0 Å². The van der Waals surface area contributed by atoms with Gasteiger partial charge in [0.15, 0.2) is 11.5 Å². The first-order valence-electron chi connectivity index (χ1n) is 7.07. The monoisotopic (exact) mass is 259 g/mol. The van der Waals surface area contributed by atoms with Crippen molar-refractivity contribution in [2.75, 3.05) is 19.6 Å². The largest absolute Gasteiger partial charge is 0.326 e. The van der Waals surface area contributed by atoms with Crippen LogP contribution in [0.3, 0.4) is 0 Å². The van der Waals surface area contributed by atoms with Gasteiger partial charge in [-0.1, -0.05) is 6.92 Å². The van der Waals surface area contributed by atoms with E-state index in [9.17, 15) is 0 Å². The number of piperidine rings is 1. The van der Waals surface area contributed by atoms with Gasteiger partial charge in [-0.2, -0.15) is 5.10 Å². The van der Waals surface area contributed by atoms with Crippen molar-refractivity contribution in [2.45, 2.75) is 32.2 Å². The van der Waals surface area contributed by atoms with Crippen LogP contribution in [-0.2, 0) is 6.54 Å². The second-order valence-corrected chi connectivity index (χ2v) is 5.24. The smallest absolute Gasteiger partial charge is 0.156 e. The minimum absolute atomic E-state index is 0.468. The molecule has 0 aliphatic carbocycles. The van der Waals surface area contributed by atoms with Crippen molar-refractivity contribution in [3.63, 3.8) is 0 Å². The molecule has 1 fully saturated rings. The fourth-order valence-corrected chi connectivity index (χ4v) is 2.79. The number of likely N-dealkylation sites (N-methyl/N-ethyl adjacent to an activating group) is 1. The van der Waals surface area contributed by atoms with Crippen LogP contribution in [0.5, 0.6) is 0 Å². The molecule has 0 radical (unpaired) electrons. The average Bonchev–Trinajstić information content (AvgIpc) is 2.90. The van der Waals surface area contributed by atoms with E-state index in [2.05, 4.69) is 21.9 Å². The van der Waals surface area contributed by atoms with Crippen molar-refractivity contribution in [1.29, 1.82) is 0 Å². The molecule has 0 bridgehead atoms. The van der Waals surface area contributed by atoms with Crippen LogP contribution in [0.2, 0.25) is 0 Å². The van der Waals surface area contributed by atoms with Gasteiger partial charge >= 0.3 is 0 Å². The fourth-order valence-electron chi connectivity index (χ4n) is 2.79. The Labute approximate surface area is 113 Å². The van der Waals surface area contributed by atoms with Gasteiger partial charge in [0.05, 0.1) is 0 Å². The van der Waals surface area contributed by atoms with Crippen molar-refractivity contribution >= 4 is 5.65 Å². The molecule has 1 aliphatic heterocycles. The van der Waals surface area contributed by atoms with Gasteiger partial charge in [-0.15, -0.1) is 0 Å². The van der Waals surface area contributed by atoms with E-state index < -0.39 is 0 Å². The van der Waals surface area contributed by atoms with Gasteiger partial charge in [-0.3, -0.25) is 0 Å². The Hall–Kier alpha value is -1.46. The number of rotatable bonds is 3. The van der Waals surface area contributed by atoms with E-state index in [1.54, 1.807) is 0 Å². The molecule has 0 spiro atoms. The van der Waals surface area contributed by atoms with E-state index in [1.165, 1.54) is 19.4 Å². The third-order valence-electron chi connectivity index (χ3n) is 3.97. The Bertz CT molecular complexity index is 562. The standard InChI is InChI=1S/C14H21N5/c1-2-18-6-3-4-12(10-18)14-16-13-8-11(9-15)5-7-19(13)17-14/h5,7-8,12H,2-4,6,9-10,15H2,1H3. The summed E-state index contributed by atoms with van der Waals surface area (Å²) in [6.45, 7) is 6.16. The predicted octanol–water partition coefficient (Wildman–Crippen LogP) is 1.39. The molecule has 3 heterocycles. The molecule has 1 aliphatic rings. The molecular formula is C14H21N5. The molecule has 0 saturated carbocycles. The van der Waals surface area contributed by atoms with Gasteiger partial charge in [-0.25, -0.2) is 9.50 Å². The Kier molecular flexibility index (Phi) is 3.48. The number of nitrogens with zero attached hydrogens (tertiary/aromatic N) is 4. The van der Waals surface area contributed by atoms with E-state index in [-0.39, 0.29) is 0 Å². The number of aromatic nitrogens is 3. The van der Waals surface area contributed by atoms with Crippen LogP contribution in [0.15, 0.2) is 18.3 Å². The molecule has 0 amide bonds. The van der Waals surface area contributed by atoms with E-state index in [0.717, 1.165) is 30.1 Å². The van der Waals surface area contributed by atoms with E-state index in [1.807, 2.05) is 22.8 Å². The van der Waals surface area contributed by atoms with Crippen LogP contribution in [0.4, 0.5) is 0 Å². The summed E-state index contributed by atoms with van der Waals surface area (Å²) >= 11 is 0. The molecule has 1 atom stereocenters. The van der Waals surface area contributed by atoms with Crippen LogP contribution >= 0.6 is 0 Å². The summed E-state index contributed by atoms with van der Waals surface area (Å²) in [5.41, 5.74) is 7.67. The fraction of sp³-hybridized carbons (Fsp3) is 0.571. The Morgan fingerprint density at radius 3 is 3.16 bits per heavy atom. The third kappa shape index (κ3) is 2.48. The van der Waals surface area contributed by atoms with Crippen molar-refractivity contribution in [3.05, 3.63) is 29.7 Å². The van der Waals surface area contributed by atoms with Crippen LogP contribution in [0.25, 0.3) is 5.65 Å². The van der Waals surface area contributed by atoms with Crippen molar-refractivity contribution in [2.24, 2.45) is 5.73 Å². The number of likely N-dealkylation sites (tertiary alicyclic amines) is 1. The maximum atomic E-state index is 5.66. The van der Waals surface area contributed by atoms with E-state index in [0.29, 0.717) is 12.5 Å². The summed E-state index contributed by atoms with van der Waals surface area (Å²) in [6.07, 6.45) is 4.38. The highest BCUT2D eigenvalue weighted by atomic mass is 15.3. The molecule has 2 aromatic heterocycles. The summed E-state index contributed by atoms with van der Waals surface area (Å²) in [7, 11) is 0. The Morgan fingerprint density at radius 1 is 1.47 bits per heavy atom. The molecule has 2 aromatic rings. The van der Waals surface area contributed by atoms with Gasteiger partial charge in [0.1, 0.15) is 0 Å². The first-order chi connectivity index (χ1) is 9.30. The summed E-state index contributed by atoms with van der Waals surface area (Å²) in [4.78, 5) is 7.16. The zero-order valence-corrected chi connectivity index (χ0v) is 11.4. The molecule has 5 nitrogen and oxygen atoms in total. The van der Waals surface area contributed by atoms with Gasteiger partial charge in [0, 0.05) is 25.2 Å². The molecule has 3 rings (SSSR count). The number of fused-ring (bicyclic) bond motifs is 1. The highest BCUT2D eigenvalue weighted by Gasteiger charge is 2.23. The van der Waals surface area contributed by atoms with E-state index >= 15 is 0 Å². The summed E-state index contributed by atoms with van der Waals surface area (Å²) < 4.78 is 1.86. The molecule has 1 saturated heterocycles. The molecular weight excluding hydrogens is 238 g/mol. The maximum Gasteiger partial charge on any atom is 0.156 e. The molecule has 0 aromatic carbocycles. The predicted molar refractivity (Wildman–Crippen MR) is 75.0 cm³/mol. The molecule has 1 unspecified atom stereocenters. The van der Waals surface area contributed by atoms with Crippen LogP contribution < -0.4 is 5.73 Å². The Morgan fingerprint density at radius 2 is 2.37 bits per heavy atom. The minimum Gasteiger partial charge on any atom is -0.326 e. The Balaban J connectivity index is 1.88. The number of hydrogen-bond donors (Lipinski definition) is 1. The molecule has 19 heavy (non-hydrogen) atoms. The summed E-state index contributed by atoms with van der Waals surface area (Å²) in [5.74, 6) is 1.45. The SMILES string of the molecule is CCN1CCCC(c2nc3cc(CN)ccn3n2)C1. The number of hydrogen-bond acceptors (Lipinski definition) is 4. The lowest BCUT2D eigenvalue weighted by Crippen LogP contribution is -2.34. The highest BCUT2D eigenvalue weighted by molar-refractivity contribution is 5.40. The minimum atomic E-state index is 0.468. The highest BCUT2D eigenvalue weighted by Crippen LogP contribution is 2.24. The normalized spacial score (nSPS) is 21.1. The number of nitrogens with two attached hydrogens (primary N) is 1. The average molecular weight is 259 g/mol. The lowest BCUT2D eigenvalue weighted by Gasteiger charge is -2.30. The van der Waals surface area contributed by atoms with Crippen LogP contribution in [0, 0.1) is 0 Å². The zero-order chi connectivity index (χ0) is 13.2. The number of pyridine rings is 1. The van der Waals surface area contributed by atoms with E-state index in [4.69, 9.17) is 5.73 Å². The topological polar surface area (TPSA) is 59.5 Å². The lowest BCUT2D eigenvalue weighted by atomic mass is 9.97. The van der Waals surface area contributed by atoms with Crippen molar-refractivity contribution in [1.82, 2.24) is 19.5 Å². The first-order valence-corrected chi connectivity index (χ1v) is 7.07. The van der Waals surface area contributed by atoms with Crippen molar-refractivity contribution in [3.8, 4) is 0 Å². The first kappa shape index (κ1) is 12.6. The van der Waals surface area contributed by atoms with Gasteiger partial charge in [0.2, 0.25) is 0 Å². The third-order valence-corrected chi connectivity index (χ3v) is 3.97. The molecule has 102 valence electrons. The molecule has 2 N–H and O–H groups in total. The zero-order valence-electron chi connectivity index (χ0n) is 11.4. The van der Waals surface area contributed by atoms with Gasteiger partial charge < -0.3 is 10.6 Å². The van der Waals surface area contributed by atoms with Gasteiger partial charge in [0.25, 0.3) is 0 Å². The van der Waals surface area contributed by atoms with Crippen LogP contribution in [-0.4, -0.2) is 39.1 Å². The van der Waals surface area contributed by atoms with Gasteiger partial charge in [-0.05, 0) is 43.6 Å².